The van der Waals surface area contributed by atoms with E-state index in [0.29, 0.717) is 18.4 Å². The molecule has 0 aromatic heterocycles. The van der Waals surface area contributed by atoms with Crippen molar-refractivity contribution in [3.8, 4) is 0 Å². The molecule has 3 saturated carbocycles. The summed E-state index contributed by atoms with van der Waals surface area (Å²) in [6, 6.07) is 7.40. The van der Waals surface area contributed by atoms with E-state index in [2.05, 4.69) is 24.8 Å². The van der Waals surface area contributed by atoms with E-state index in [1.54, 1.807) is 12.1 Å². The highest BCUT2D eigenvalue weighted by Crippen LogP contribution is 2.66. The minimum Gasteiger partial charge on any atom is -0.342 e. The molecule has 5 rings (SSSR count). The number of allylic oxidation sites excluding steroid dienone is 1. The van der Waals surface area contributed by atoms with Crippen LogP contribution in [0.4, 0.5) is 5.69 Å². The predicted molar refractivity (Wildman–Crippen MR) is 121 cm³/mol. The van der Waals surface area contributed by atoms with Crippen molar-refractivity contribution in [3.05, 3.63) is 45.5 Å². The molecular formula is C26H34N2O3. The Hall–Kier alpha value is -2.17. The van der Waals surface area contributed by atoms with Crippen LogP contribution >= 0.6 is 0 Å². The second-order valence-corrected chi connectivity index (χ2v) is 11.0. The lowest BCUT2D eigenvalue weighted by Crippen LogP contribution is -2.61. The van der Waals surface area contributed by atoms with Gasteiger partial charge in [-0.3, -0.25) is 14.9 Å². The third kappa shape index (κ3) is 3.07. The van der Waals surface area contributed by atoms with Gasteiger partial charge >= 0.3 is 0 Å². The summed E-state index contributed by atoms with van der Waals surface area (Å²) in [5, 5.41) is 11.0. The van der Waals surface area contributed by atoms with Gasteiger partial charge in [0.1, 0.15) is 0 Å². The van der Waals surface area contributed by atoms with Crippen molar-refractivity contribution in [1.29, 1.82) is 0 Å². The Labute approximate surface area is 185 Å². The normalized spacial score (nSPS) is 40.9. The number of nitrogens with zero attached hydrogens (tertiary/aromatic N) is 2. The average molecular weight is 423 g/mol. The van der Waals surface area contributed by atoms with E-state index >= 15 is 0 Å². The number of hydrogen-bond donors (Lipinski definition) is 0. The average Bonchev–Trinajstić information content (AvgIpc) is 3.08. The van der Waals surface area contributed by atoms with Crippen molar-refractivity contribution >= 4 is 17.7 Å². The molecule has 4 fully saturated rings. The maximum Gasteiger partial charge on any atom is 0.269 e. The Kier molecular flexibility index (Phi) is 4.80. The van der Waals surface area contributed by atoms with Crippen LogP contribution in [0.1, 0.15) is 70.8 Å². The van der Waals surface area contributed by atoms with Crippen molar-refractivity contribution in [2.75, 3.05) is 7.05 Å². The van der Waals surface area contributed by atoms with Crippen LogP contribution < -0.4 is 0 Å². The molecule has 1 saturated heterocycles. The maximum atomic E-state index is 12.3. The minimum atomic E-state index is -0.335. The molecule has 1 aromatic rings. The topological polar surface area (TPSA) is 63.5 Å². The minimum absolute atomic E-state index is 0.152. The van der Waals surface area contributed by atoms with Gasteiger partial charge in [-0.15, -0.1) is 0 Å². The zero-order chi connectivity index (χ0) is 22.0. The molecule has 4 aliphatic rings. The van der Waals surface area contributed by atoms with Crippen LogP contribution in [0.25, 0.3) is 6.08 Å². The van der Waals surface area contributed by atoms with Crippen LogP contribution in [0.15, 0.2) is 29.8 Å². The van der Waals surface area contributed by atoms with Crippen molar-refractivity contribution in [2.45, 2.75) is 71.3 Å². The number of rotatable bonds is 2. The summed E-state index contributed by atoms with van der Waals surface area (Å²) >= 11 is 0. The maximum absolute atomic E-state index is 12.3. The Morgan fingerprint density at radius 3 is 2.48 bits per heavy atom. The van der Waals surface area contributed by atoms with Crippen LogP contribution in [-0.4, -0.2) is 28.8 Å². The van der Waals surface area contributed by atoms with E-state index in [9.17, 15) is 14.9 Å². The van der Waals surface area contributed by atoms with Gasteiger partial charge in [-0.2, -0.15) is 0 Å². The number of piperidine rings is 1. The van der Waals surface area contributed by atoms with Gasteiger partial charge in [0.05, 0.1) is 4.92 Å². The number of amides is 1. The van der Waals surface area contributed by atoms with E-state index < -0.39 is 0 Å². The molecule has 1 heterocycles. The number of benzene rings is 1. The third-order valence-corrected chi connectivity index (χ3v) is 9.85. The molecular weight excluding hydrogens is 388 g/mol. The Balaban J connectivity index is 1.41. The molecule has 1 aliphatic heterocycles. The summed E-state index contributed by atoms with van der Waals surface area (Å²) in [6.45, 7) is 4.95. The van der Waals surface area contributed by atoms with Crippen LogP contribution in [0.5, 0.6) is 0 Å². The van der Waals surface area contributed by atoms with Crippen LogP contribution in [-0.2, 0) is 4.79 Å². The SMILES string of the molecule is CN1C(=O)CC[C@@]2(C)C1CC[C@@H]1[C@H]2CC[C@]2(C)C(=Cc3ccc([N+](=O)[O-])cc3)CC[C@@H]12. The molecule has 6 atom stereocenters. The molecule has 5 heteroatoms. The summed E-state index contributed by atoms with van der Waals surface area (Å²) in [4.78, 5) is 25.0. The van der Waals surface area contributed by atoms with E-state index in [4.69, 9.17) is 0 Å². The zero-order valence-corrected chi connectivity index (χ0v) is 19.0. The van der Waals surface area contributed by atoms with Crippen molar-refractivity contribution in [1.82, 2.24) is 4.90 Å². The van der Waals surface area contributed by atoms with Gasteiger partial charge in [-0.25, -0.2) is 0 Å². The van der Waals surface area contributed by atoms with Gasteiger partial charge in [0.2, 0.25) is 5.91 Å². The van der Waals surface area contributed by atoms with E-state index in [0.717, 1.165) is 42.6 Å². The first kappa shape index (κ1) is 20.7. The first-order valence-electron chi connectivity index (χ1n) is 12.0. The number of fused-ring (bicyclic) bond motifs is 5. The van der Waals surface area contributed by atoms with E-state index in [-0.39, 0.29) is 21.4 Å². The number of carbonyl (C=O) groups excluding carboxylic acids is 1. The predicted octanol–water partition coefficient (Wildman–Crippen LogP) is 5.84. The second-order valence-electron chi connectivity index (χ2n) is 11.0. The molecule has 31 heavy (non-hydrogen) atoms. The number of nitro benzene ring substituents is 1. The molecule has 1 amide bonds. The molecule has 3 aliphatic carbocycles. The Bertz CT molecular complexity index is 938. The molecule has 0 N–H and O–H groups in total. The summed E-state index contributed by atoms with van der Waals surface area (Å²) in [7, 11) is 2.03. The number of hydrogen-bond acceptors (Lipinski definition) is 3. The summed E-state index contributed by atoms with van der Waals surface area (Å²) < 4.78 is 0. The molecule has 5 nitrogen and oxygen atoms in total. The zero-order valence-electron chi connectivity index (χ0n) is 19.0. The monoisotopic (exact) mass is 422 g/mol. The quantitative estimate of drug-likeness (QED) is 0.444. The molecule has 0 spiro atoms. The Morgan fingerprint density at radius 2 is 1.77 bits per heavy atom. The standard InChI is InChI=1S/C26H34N2O3/c1-25-14-12-22-20(9-11-23-26(22,2)15-13-24(29)27(23)3)21(25)10-6-18(25)16-17-4-7-19(8-5-17)28(30)31/h4-5,7-8,16,20-23H,6,9-15H2,1-3H3/t20-,21-,22+,23?,25+,26+/m0/s1. The number of likely N-dealkylation sites (tertiary alicyclic amines) is 1. The second kappa shape index (κ2) is 7.18. The third-order valence-electron chi connectivity index (χ3n) is 9.85. The fourth-order valence-electron chi connectivity index (χ4n) is 8.13. The summed E-state index contributed by atoms with van der Waals surface area (Å²) in [5.41, 5.74) is 3.26. The molecule has 0 bridgehead atoms. The molecule has 0 radical (unpaired) electrons. The van der Waals surface area contributed by atoms with Crippen LogP contribution in [0.2, 0.25) is 0 Å². The number of carbonyl (C=O) groups is 1. The van der Waals surface area contributed by atoms with E-state index in [1.807, 2.05) is 19.2 Å². The lowest BCUT2D eigenvalue weighted by molar-refractivity contribution is -0.384. The van der Waals surface area contributed by atoms with Crippen molar-refractivity contribution < 1.29 is 9.72 Å². The van der Waals surface area contributed by atoms with Crippen LogP contribution in [0, 0.1) is 38.7 Å². The summed E-state index contributed by atoms with van der Waals surface area (Å²) in [5.74, 6) is 2.52. The van der Waals surface area contributed by atoms with Crippen molar-refractivity contribution in [3.63, 3.8) is 0 Å². The van der Waals surface area contributed by atoms with Crippen molar-refractivity contribution in [2.24, 2.45) is 28.6 Å². The van der Waals surface area contributed by atoms with E-state index in [1.165, 1.54) is 31.3 Å². The molecule has 166 valence electrons. The van der Waals surface area contributed by atoms with Gasteiger partial charge in [0, 0.05) is 31.6 Å². The highest BCUT2D eigenvalue weighted by molar-refractivity contribution is 5.77. The number of nitro groups is 1. The van der Waals surface area contributed by atoms with Gasteiger partial charge in [-0.05, 0) is 91.2 Å². The fourth-order valence-corrected chi connectivity index (χ4v) is 8.13. The highest BCUT2D eigenvalue weighted by atomic mass is 16.6. The molecule has 1 unspecified atom stereocenters. The lowest BCUT2D eigenvalue weighted by atomic mass is 9.47. The van der Waals surface area contributed by atoms with Gasteiger partial charge < -0.3 is 4.90 Å². The summed E-state index contributed by atoms with van der Waals surface area (Å²) in [6.07, 6.45) is 11.3. The van der Waals surface area contributed by atoms with Crippen LogP contribution in [0.3, 0.4) is 0 Å². The van der Waals surface area contributed by atoms with Gasteiger partial charge in [0.15, 0.2) is 0 Å². The van der Waals surface area contributed by atoms with Gasteiger partial charge in [0.25, 0.3) is 5.69 Å². The van der Waals surface area contributed by atoms with Gasteiger partial charge in [-0.1, -0.05) is 25.5 Å². The Morgan fingerprint density at radius 1 is 1.03 bits per heavy atom. The first-order valence-corrected chi connectivity index (χ1v) is 12.0. The first-order chi connectivity index (χ1) is 14.7. The largest absolute Gasteiger partial charge is 0.342 e. The smallest absolute Gasteiger partial charge is 0.269 e. The number of non-ortho nitro benzene ring substituents is 1. The lowest BCUT2D eigenvalue weighted by Gasteiger charge is -2.61. The molecule has 1 aromatic carbocycles. The highest BCUT2D eigenvalue weighted by Gasteiger charge is 2.60. The fraction of sp³-hybridized carbons (Fsp3) is 0.654.